The topological polar surface area (TPSA) is 96.5 Å². The van der Waals surface area contributed by atoms with E-state index in [1.54, 1.807) is 12.1 Å². The molecular weight excluding hydrogens is 382 g/mol. The summed E-state index contributed by atoms with van der Waals surface area (Å²) in [6.07, 6.45) is 5.75. The van der Waals surface area contributed by atoms with E-state index in [9.17, 15) is 14.4 Å². The van der Waals surface area contributed by atoms with Crippen molar-refractivity contribution in [3.05, 3.63) is 28.8 Å². The molecule has 3 N–H and O–H groups in total. The molecule has 0 spiro atoms. The summed E-state index contributed by atoms with van der Waals surface area (Å²) in [5.41, 5.74) is 5.58. The van der Waals surface area contributed by atoms with Gasteiger partial charge in [-0.2, -0.15) is 0 Å². The molecule has 2 rings (SSSR count). The fourth-order valence-electron chi connectivity index (χ4n) is 3.11. The predicted molar refractivity (Wildman–Crippen MR) is 107 cm³/mol. The minimum Gasteiger partial charge on any atom is -0.493 e. The zero-order chi connectivity index (χ0) is 20.4. The van der Waals surface area contributed by atoms with E-state index in [-0.39, 0.29) is 30.7 Å². The third-order valence-corrected chi connectivity index (χ3v) is 4.92. The second-order valence-electron chi connectivity index (χ2n) is 7.01. The maximum absolute atomic E-state index is 12.0. The molecule has 3 amide bonds. The lowest BCUT2D eigenvalue weighted by Gasteiger charge is -2.20. The third kappa shape index (κ3) is 7.76. The van der Waals surface area contributed by atoms with E-state index >= 15 is 0 Å². The molecule has 1 aliphatic rings. The van der Waals surface area contributed by atoms with Crippen LogP contribution < -0.4 is 20.9 Å². The first-order valence-electron chi connectivity index (χ1n) is 9.70. The number of aryl methyl sites for hydroxylation is 1. The summed E-state index contributed by atoms with van der Waals surface area (Å²) < 4.78 is 5.62. The first-order valence-corrected chi connectivity index (χ1v) is 10.1. The van der Waals surface area contributed by atoms with Gasteiger partial charge in [-0.3, -0.25) is 25.2 Å². The molecule has 28 heavy (non-hydrogen) atoms. The average molecular weight is 410 g/mol. The van der Waals surface area contributed by atoms with Crippen LogP contribution in [0.3, 0.4) is 0 Å². The monoisotopic (exact) mass is 409 g/mol. The van der Waals surface area contributed by atoms with Crippen molar-refractivity contribution in [1.29, 1.82) is 0 Å². The Kier molecular flexibility index (Phi) is 9.07. The van der Waals surface area contributed by atoms with E-state index in [2.05, 4.69) is 16.2 Å². The van der Waals surface area contributed by atoms with E-state index in [1.165, 1.54) is 6.42 Å². The van der Waals surface area contributed by atoms with Gasteiger partial charge in [-0.25, -0.2) is 0 Å². The van der Waals surface area contributed by atoms with E-state index in [0.717, 1.165) is 37.0 Å². The Morgan fingerprint density at radius 1 is 1.11 bits per heavy atom. The van der Waals surface area contributed by atoms with Gasteiger partial charge in [0.2, 0.25) is 11.8 Å². The van der Waals surface area contributed by atoms with Crippen molar-refractivity contribution in [2.45, 2.75) is 51.9 Å². The number of hydrazine groups is 1. The lowest BCUT2D eigenvalue weighted by atomic mass is 9.89. The second kappa shape index (κ2) is 11.5. The maximum atomic E-state index is 12.0. The Bertz CT molecular complexity index is 690. The van der Waals surface area contributed by atoms with Gasteiger partial charge < -0.3 is 10.1 Å². The highest BCUT2D eigenvalue weighted by Gasteiger charge is 2.21. The molecule has 0 aliphatic heterocycles. The van der Waals surface area contributed by atoms with E-state index in [1.807, 2.05) is 13.0 Å². The second-order valence-corrected chi connectivity index (χ2v) is 7.45. The van der Waals surface area contributed by atoms with Gasteiger partial charge in [-0.1, -0.05) is 30.9 Å². The number of benzene rings is 1. The number of ether oxygens (including phenoxy) is 1. The van der Waals surface area contributed by atoms with Crippen LogP contribution in [0.5, 0.6) is 5.75 Å². The number of hydrogen-bond donors (Lipinski definition) is 3. The zero-order valence-electron chi connectivity index (χ0n) is 16.2. The van der Waals surface area contributed by atoms with Gasteiger partial charge in [0, 0.05) is 17.4 Å². The third-order valence-electron chi connectivity index (χ3n) is 4.68. The molecule has 1 aromatic carbocycles. The Morgan fingerprint density at radius 2 is 1.82 bits per heavy atom. The molecule has 1 saturated carbocycles. The molecule has 1 aromatic rings. The van der Waals surface area contributed by atoms with Crippen LogP contribution in [-0.4, -0.2) is 30.9 Å². The smallest absolute Gasteiger partial charge is 0.257 e. The highest BCUT2D eigenvalue weighted by Crippen LogP contribution is 2.23. The molecule has 0 radical (unpaired) electrons. The molecule has 0 saturated heterocycles. The predicted octanol–water partition coefficient (Wildman–Crippen LogP) is 2.65. The van der Waals surface area contributed by atoms with Gasteiger partial charge >= 0.3 is 0 Å². The molecular formula is C20H28ClN3O4. The minimum absolute atomic E-state index is 0.000387. The van der Waals surface area contributed by atoms with Crippen molar-refractivity contribution in [1.82, 2.24) is 16.2 Å². The molecule has 0 atom stereocenters. The standard InChI is InChI=1S/C20H28ClN3O4/c1-14-12-16(21)9-10-17(14)28-11-5-8-18(25)23-24-19(26)13-22-20(27)15-6-3-2-4-7-15/h9-10,12,15H,2-8,11,13H2,1H3,(H,22,27)(H,23,25)(H,24,26). The van der Waals surface area contributed by atoms with Crippen LogP contribution in [0.15, 0.2) is 18.2 Å². The average Bonchev–Trinajstić information content (AvgIpc) is 2.69. The van der Waals surface area contributed by atoms with Crippen LogP contribution in [0.2, 0.25) is 5.02 Å². The van der Waals surface area contributed by atoms with Gasteiger partial charge in [-0.15, -0.1) is 0 Å². The summed E-state index contributed by atoms with van der Waals surface area (Å²) >= 11 is 5.89. The van der Waals surface area contributed by atoms with Crippen molar-refractivity contribution in [2.75, 3.05) is 13.2 Å². The molecule has 154 valence electrons. The number of hydrogen-bond acceptors (Lipinski definition) is 4. The first-order chi connectivity index (χ1) is 13.5. The number of carbonyl (C=O) groups excluding carboxylic acids is 3. The maximum Gasteiger partial charge on any atom is 0.257 e. The number of nitrogens with one attached hydrogen (secondary N) is 3. The van der Waals surface area contributed by atoms with Crippen LogP contribution >= 0.6 is 11.6 Å². The normalized spacial score (nSPS) is 14.2. The van der Waals surface area contributed by atoms with Gasteiger partial charge in [0.25, 0.3) is 5.91 Å². The van der Waals surface area contributed by atoms with E-state index in [4.69, 9.17) is 16.3 Å². The summed E-state index contributed by atoms with van der Waals surface area (Å²) in [6, 6.07) is 5.35. The molecule has 1 fully saturated rings. The van der Waals surface area contributed by atoms with Crippen LogP contribution in [0.4, 0.5) is 0 Å². The summed E-state index contributed by atoms with van der Waals surface area (Å²) in [4.78, 5) is 35.5. The molecule has 1 aliphatic carbocycles. The Labute approximate surface area is 170 Å². The molecule has 0 aromatic heterocycles. The van der Waals surface area contributed by atoms with Crippen molar-refractivity contribution in [3.63, 3.8) is 0 Å². The number of halogens is 1. The van der Waals surface area contributed by atoms with Crippen LogP contribution in [0.25, 0.3) is 0 Å². The molecule has 0 bridgehead atoms. The first kappa shape index (κ1) is 22.0. The van der Waals surface area contributed by atoms with E-state index < -0.39 is 5.91 Å². The minimum atomic E-state index is -0.453. The molecule has 0 heterocycles. The fourth-order valence-corrected chi connectivity index (χ4v) is 3.34. The summed E-state index contributed by atoms with van der Waals surface area (Å²) in [6.45, 7) is 2.13. The summed E-state index contributed by atoms with van der Waals surface area (Å²) in [5.74, 6) is -0.128. The lowest BCUT2D eigenvalue weighted by Crippen LogP contribution is -2.47. The van der Waals surface area contributed by atoms with Crippen molar-refractivity contribution >= 4 is 29.3 Å². The molecule has 8 heteroatoms. The highest BCUT2D eigenvalue weighted by atomic mass is 35.5. The lowest BCUT2D eigenvalue weighted by molar-refractivity contribution is -0.131. The van der Waals surface area contributed by atoms with Gasteiger partial charge in [0.15, 0.2) is 0 Å². The molecule has 7 nitrogen and oxygen atoms in total. The Balaban J connectivity index is 1.55. The number of carbonyl (C=O) groups is 3. The Morgan fingerprint density at radius 3 is 2.54 bits per heavy atom. The number of amides is 3. The van der Waals surface area contributed by atoms with Gasteiger partial charge in [-0.05, 0) is 49.9 Å². The van der Waals surface area contributed by atoms with Crippen molar-refractivity contribution in [3.8, 4) is 5.75 Å². The number of rotatable bonds is 8. The molecule has 0 unspecified atom stereocenters. The quantitative estimate of drug-likeness (QED) is 0.454. The van der Waals surface area contributed by atoms with Crippen molar-refractivity contribution < 1.29 is 19.1 Å². The van der Waals surface area contributed by atoms with Crippen LogP contribution in [-0.2, 0) is 14.4 Å². The van der Waals surface area contributed by atoms with Crippen LogP contribution in [0, 0.1) is 12.8 Å². The summed E-state index contributed by atoms with van der Waals surface area (Å²) in [5, 5.41) is 3.27. The largest absolute Gasteiger partial charge is 0.493 e. The zero-order valence-corrected chi connectivity index (χ0v) is 16.9. The van der Waals surface area contributed by atoms with Crippen LogP contribution in [0.1, 0.15) is 50.5 Å². The SMILES string of the molecule is Cc1cc(Cl)ccc1OCCCC(=O)NNC(=O)CNC(=O)C1CCCCC1. The Hall–Kier alpha value is -2.28. The van der Waals surface area contributed by atoms with Gasteiger partial charge in [0.05, 0.1) is 13.2 Å². The highest BCUT2D eigenvalue weighted by molar-refractivity contribution is 6.30. The van der Waals surface area contributed by atoms with Gasteiger partial charge in [0.1, 0.15) is 5.75 Å². The fraction of sp³-hybridized carbons (Fsp3) is 0.550. The van der Waals surface area contributed by atoms with Crippen molar-refractivity contribution in [2.24, 2.45) is 5.92 Å². The van der Waals surface area contributed by atoms with E-state index in [0.29, 0.717) is 18.1 Å². The summed E-state index contributed by atoms with van der Waals surface area (Å²) in [7, 11) is 0.